The lowest BCUT2D eigenvalue weighted by atomic mass is 10.2. The Hall–Kier alpha value is -1.18. The quantitative estimate of drug-likeness (QED) is 0.813. The predicted octanol–water partition coefficient (Wildman–Crippen LogP) is 1.76. The van der Waals surface area contributed by atoms with Gasteiger partial charge < -0.3 is 10.5 Å². The van der Waals surface area contributed by atoms with E-state index in [0.29, 0.717) is 0 Å². The topological polar surface area (TPSA) is 72.6 Å². The molecule has 0 aliphatic carbocycles. The third-order valence-electron chi connectivity index (χ3n) is 2.79. The van der Waals surface area contributed by atoms with Crippen molar-refractivity contribution in [1.29, 1.82) is 0 Å². The molecule has 1 aromatic carbocycles. The van der Waals surface area contributed by atoms with Gasteiger partial charge in [0.1, 0.15) is 10.7 Å². The highest BCUT2D eigenvalue weighted by atomic mass is 32.2. The second kappa shape index (κ2) is 6.51. The second-order valence-corrected chi connectivity index (χ2v) is 6.91. The van der Waals surface area contributed by atoms with Gasteiger partial charge >= 0.3 is 0 Å². The van der Waals surface area contributed by atoms with Crippen molar-refractivity contribution in [3.8, 4) is 0 Å². The predicted molar refractivity (Wildman–Crippen MR) is 76.5 cm³/mol. The lowest BCUT2D eigenvalue weighted by Gasteiger charge is -2.19. The van der Waals surface area contributed by atoms with E-state index in [1.165, 1.54) is 20.0 Å². The van der Waals surface area contributed by atoms with Gasteiger partial charge in [0.25, 0.3) is 0 Å². The summed E-state index contributed by atoms with van der Waals surface area (Å²) in [6.07, 6.45) is 0.0115. The number of ether oxygens (including phenoxy) is 1. The maximum atomic E-state index is 14.0. The molecule has 0 aliphatic heterocycles. The zero-order valence-corrected chi connectivity index (χ0v) is 13.0. The summed E-state index contributed by atoms with van der Waals surface area (Å²) in [5.74, 6) is -0.768. The molecule has 0 radical (unpaired) electrons. The second-order valence-electron chi connectivity index (χ2n) is 4.90. The third-order valence-corrected chi connectivity index (χ3v) is 4.65. The summed E-state index contributed by atoms with van der Waals surface area (Å²) in [7, 11) is -2.53. The Kier molecular flexibility index (Phi) is 5.50. The first-order valence-electron chi connectivity index (χ1n) is 6.29. The zero-order chi connectivity index (χ0) is 15.5. The monoisotopic (exact) mass is 304 g/mol. The lowest BCUT2D eigenvalue weighted by Crippen LogP contribution is -2.31. The summed E-state index contributed by atoms with van der Waals surface area (Å²) < 4.78 is 45.0. The van der Waals surface area contributed by atoms with Gasteiger partial charge in [0.2, 0.25) is 10.0 Å². The fourth-order valence-electron chi connectivity index (χ4n) is 1.66. The third kappa shape index (κ3) is 3.91. The lowest BCUT2D eigenvalue weighted by molar-refractivity contribution is 0.0737. The minimum atomic E-state index is -3.91. The van der Waals surface area contributed by atoms with Crippen molar-refractivity contribution < 1.29 is 17.5 Å². The largest absolute Gasteiger partial charge is 0.399 e. The first-order chi connectivity index (χ1) is 9.16. The number of sulfonamides is 1. The molecule has 0 saturated carbocycles. The highest BCUT2D eigenvalue weighted by Gasteiger charge is 2.25. The van der Waals surface area contributed by atoms with Crippen molar-refractivity contribution >= 4 is 15.7 Å². The molecule has 0 amide bonds. The molecule has 2 N–H and O–H groups in total. The molecule has 0 unspecified atom stereocenters. The van der Waals surface area contributed by atoms with E-state index < -0.39 is 20.7 Å². The van der Waals surface area contributed by atoms with Gasteiger partial charge in [-0.15, -0.1) is 0 Å². The summed E-state index contributed by atoms with van der Waals surface area (Å²) in [6, 6.07) is 2.54. The van der Waals surface area contributed by atoms with E-state index >= 15 is 0 Å². The molecule has 0 aromatic heterocycles. The van der Waals surface area contributed by atoms with Gasteiger partial charge in [0.05, 0.1) is 12.7 Å². The van der Waals surface area contributed by atoms with Gasteiger partial charge in [-0.1, -0.05) is 0 Å². The Morgan fingerprint density at radius 1 is 1.40 bits per heavy atom. The Balaban J connectivity index is 2.99. The van der Waals surface area contributed by atoms with Crippen LogP contribution in [0.5, 0.6) is 0 Å². The van der Waals surface area contributed by atoms with Crippen molar-refractivity contribution in [2.24, 2.45) is 0 Å². The van der Waals surface area contributed by atoms with Crippen LogP contribution in [-0.2, 0) is 14.8 Å². The molecule has 1 rings (SSSR count). The number of anilines is 1. The first kappa shape index (κ1) is 16.9. The van der Waals surface area contributed by atoms with Gasteiger partial charge in [0, 0.05) is 19.3 Å². The Morgan fingerprint density at radius 2 is 2.00 bits per heavy atom. The van der Waals surface area contributed by atoms with Crippen molar-refractivity contribution in [2.45, 2.75) is 31.8 Å². The molecular weight excluding hydrogens is 283 g/mol. The van der Waals surface area contributed by atoms with Crippen molar-refractivity contribution in [3.05, 3.63) is 23.5 Å². The van der Waals surface area contributed by atoms with Gasteiger partial charge in [-0.25, -0.2) is 12.8 Å². The number of nitrogens with zero attached hydrogens (tertiary/aromatic N) is 1. The molecule has 0 atom stereocenters. The molecule has 0 bridgehead atoms. The molecular formula is C13H21FN2O3S. The molecule has 114 valence electrons. The SMILES string of the molecule is Cc1cc(N)cc(S(=O)(=O)N(C)CCOC(C)C)c1F. The normalized spacial score (nSPS) is 12.3. The van der Waals surface area contributed by atoms with Crippen LogP contribution < -0.4 is 5.73 Å². The fraction of sp³-hybridized carbons (Fsp3) is 0.538. The van der Waals surface area contributed by atoms with Crippen molar-refractivity contribution in [3.63, 3.8) is 0 Å². The van der Waals surface area contributed by atoms with Crippen LogP contribution in [-0.4, -0.2) is 39.0 Å². The zero-order valence-electron chi connectivity index (χ0n) is 12.2. The van der Waals surface area contributed by atoms with Gasteiger partial charge in [-0.3, -0.25) is 0 Å². The minimum absolute atomic E-state index is 0.0115. The van der Waals surface area contributed by atoms with E-state index in [1.54, 1.807) is 0 Å². The van der Waals surface area contributed by atoms with Crippen LogP contribution >= 0.6 is 0 Å². The number of benzene rings is 1. The highest BCUT2D eigenvalue weighted by molar-refractivity contribution is 7.89. The summed E-state index contributed by atoms with van der Waals surface area (Å²) in [5.41, 5.74) is 6.01. The number of nitrogen functional groups attached to an aromatic ring is 1. The number of halogens is 1. The molecule has 0 heterocycles. The van der Waals surface area contributed by atoms with E-state index in [0.717, 1.165) is 10.4 Å². The average Bonchev–Trinajstić information content (AvgIpc) is 2.32. The average molecular weight is 304 g/mol. The number of likely N-dealkylation sites (N-methyl/N-ethyl adjacent to an activating group) is 1. The minimum Gasteiger partial charge on any atom is -0.399 e. The molecule has 5 nitrogen and oxygen atoms in total. The Bertz CT molecular complexity index is 573. The van der Waals surface area contributed by atoms with Crippen LogP contribution in [0.25, 0.3) is 0 Å². The number of rotatable bonds is 6. The first-order valence-corrected chi connectivity index (χ1v) is 7.73. The molecule has 0 fully saturated rings. The molecule has 0 saturated heterocycles. The maximum Gasteiger partial charge on any atom is 0.245 e. The van der Waals surface area contributed by atoms with Crippen LogP contribution in [0.3, 0.4) is 0 Å². The molecule has 7 heteroatoms. The summed E-state index contributed by atoms with van der Waals surface area (Å²) in [5, 5.41) is 0. The van der Waals surface area contributed by atoms with Crippen LogP contribution in [0.15, 0.2) is 17.0 Å². The van der Waals surface area contributed by atoms with E-state index in [9.17, 15) is 12.8 Å². The number of nitrogens with two attached hydrogens (primary N) is 1. The van der Waals surface area contributed by atoms with Gasteiger partial charge in [-0.05, 0) is 38.5 Å². The van der Waals surface area contributed by atoms with Crippen LogP contribution in [0.2, 0.25) is 0 Å². The molecule has 0 spiro atoms. The summed E-state index contributed by atoms with van der Waals surface area (Å²) >= 11 is 0. The van der Waals surface area contributed by atoms with E-state index in [1.807, 2.05) is 13.8 Å². The van der Waals surface area contributed by atoms with Crippen LogP contribution in [0.4, 0.5) is 10.1 Å². The van der Waals surface area contributed by atoms with Crippen molar-refractivity contribution in [2.75, 3.05) is 25.9 Å². The smallest absolute Gasteiger partial charge is 0.245 e. The molecule has 1 aromatic rings. The van der Waals surface area contributed by atoms with E-state index in [4.69, 9.17) is 10.5 Å². The Labute approximate surface area is 119 Å². The summed E-state index contributed by atoms with van der Waals surface area (Å²) in [4.78, 5) is -0.401. The fourth-order valence-corrected chi connectivity index (χ4v) is 2.98. The Morgan fingerprint density at radius 3 is 2.55 bits per heavy atom. The molecule has 0 aliphatic rings. The highest BCUT2D eigenvalue weighted by Crippen LogP contribution is 2.23. The maximum absolute atomic E-state index is 14.0. The van der Waals surface area contributed by atoms with Gasteiger partial charge in [-0.2, -0.15) is 4.31 Å². The standard InChI is InChI=1S/C13H21FN2O3S/c1-9(2)19-6-5-16(4)20(17,18)12-8-11(15)7-10(3)13(12)14/h7-9H,5-6,15H2,1-4H3. The van der Waals surface area contributed by atoms with Crippen LogP contribution in [0.1, 0.15) is 19.4 Å². The van der Waals surface area contributed by atoms with E-state index in [-0.39, 0.29) is 30.5 Å². The van der Waals surface area contributed by atoms with Crippen LogP contribution in [0, 0.1) is 12.7 Å². The van der Waals surface area contributed by atoms with Gasteiger partial charge in [0.15, 0.2) is 0 Å². The van der Waals surface area contributed by atoms with E-state index in [2.05, 4.69) is 0 Å². The molecule has 20 heavy (non-hydrogen) atoms. The van der Waals surface area contributed by atoms with Crippen molar-refractivity contribution in [1.82, 2.24) is 4.31 Å². The number of hydrogen-bond acceptors (Lipinski definition) is 4. The number of hydrogen-bond donors (Lipinski definition) is 1. The summed E-state index contributed by atoms with van der Waals surface area (Å²) in [6.45, 7) is 5.58. The number of aryl methyl sites for hydroxylation is 1.